The van der Waals surface area contributed by atoms with Gasteiger partial charge in [-0.1, -0.05) is 26.0 Å². The zero-order valence-electron chi connectivity index (χ0n) is 17.3. The minimum Gasteiger partial charge on any atom is -0.484 e. The number of carbonyl (C=O) groups excluding carboxylic acids is 1. The number of nitrogens with one attached hydrogen (secondary N) is 1. The Bertz CT molecular complexity index is 956. The molecule has 170 valence electrons. The van der Waals surface area contributed by atoms with E-state index < -0.39 is 22.8 Å². The number of anilines is 1. The Kier molecular flexibility index (Phi) is 8.46. The first-order valence-corrected chi connectivity index (χ1v) is 11.2. The molecule has 0 aliphatic carbocycles. The average molecular weight is 459 g/mol. The summed E-state index contributed by atoms with van der Waals surface area (Å²) in [5.41, 5.74) is 1.24. The van der Waals surface area contributed by atoms with E-state index in [-0.39, 0.29) is 23.0 Å². The largest absolute Gasteiger partial charge is 0.484 e. The summed E-state index contributed by atoms with van der Waals surface area (Å²) in [6.45, 7) is 2.94. The number of nitrogens with zero attached hydrogens (tertiary/aromatic N) is 1. The van der Waals surface area contributed by atoms with Gasteiger partial charge in [-0.2, -0.15) is 17.5 Å². The summed E-state index contributed by atoms with van der Waals surface area (Å²) in [5.74, 6) is -0.223. The molecule has 10 heteroatoms. The fourth-order valence-corrected chi connectivity index (χ4v) is 4.28. The highest BCUT2D eigenvalue weighted by Gasteiger charge is 2.28. The molecular formula is C21H25F3N2O4S. The molecule has 0 atom stereocenters. The van der Waals surface area contributed by atoms with Crippen LogP contribution in [-0.4, -0.2) is 44.5 Å². The van der Waals surface area contributed by atoms with Crippen molar-refractivity contribution in [2.75, 3.05) is 25.0 Å². The number of halogens is 3. The van der Waals surface area contributed by atoms with E-state index in [0.29, 0.717) is 25.2 Å². The second kappa shape index (κ2) is 10.6. The molecule has 2 aromatic rings. The number of aryl methyl sites for hydroxylation is 1. The van der Waals surface area contributed by atoms with Crippen LogP contribution in [0.5, 0.6) is 5.75 Å². The van der Waals surface area contributed by atoms with Crippen molar-refractivity contribution in [1.29, 1.82) is 0 Å². The standard InChI is InChI=1S/C21H25F3N2O4S/c1-3-26(4-2)31(28,29)19-12-5-16(6-13-19)7-14-20(27)25-17-8-10-18(11-9-17)30-15-21(22,23)24/h5-6,8-13H,3-4,7,14-15H2,1-2H3,(H,25,27). The van der Waals surface area contributed by atoms with Gasteiger partial charge in [-0.15, -0.1) is 0 Å². The summed E-state index contributed by atoms with van der Waals surface area (Å²) < 4.78 is 67.4. The summed E-state index contributed by atoms with van der Waals surface area (Å²) >= 11 is 0. The Labute approximate surface area is 180 Å². The minimum atomic E-state index is -4.42. The zero-order valence-corrected chi connectivity index (χ0v) is 18.1. The molecule has 1 N–H and O–H groups in total. The van der Waals surface area contributed by atoms with Crippen molar-refractivity contribution >= 4 is 21.6 Å². The lowest BCUT2D eigenvalue weighted by atomic mass is 10.1. The van der Waals surface area contributed by atoms with Gasteiger partial charge in [0.25, 0.3) is 0 Å². The van der Waals surface area contributed by atoms with E-state index in [1.54, 1.807) is 26.0 Å². The molecule has 0 saturated carbocycles. The van der Waals surface area contributed by atoms with E-state index in [0.717, 1.165) is 5.56 Å². The molecule has 0 radical (unpaired) electrons. The summed E-state index contributed by atoms with van der Waals surface area (Å²) in [7, 11) is -3.52. The molecule has 0 aromatic heterocycles. The van der Waals surface area contributed by atoms with E-state index in [1.807, 2.05) is 0 Å². The number of rotatable bonds is 10. The maximum atomic E-state index is 12.5. The first-order valence-electron chi connectivity index (χ1n) is 9.73. The average Bonchev–Trinajstić information content (AvgIpc) is 2.72. The van der Waals surface area contributed by atoms with Crippen LogP contribution >= 0.6 is 0 Å². The summed E-state index contributed by atoms with van der Waals surface area (Å²) in [6.07, 6.45) is -3.85. The normalized spacial score (nSPS) is 12.1. The number of ether oxygens (including phenoxy) is 1. The highest BCUT2D eigenvalue weighted by molar-refractivity contribution is 7.89. The van der Waals surface area contributed by atoms with E-state index >= 15 is 0 Å². The maximum Gasteiger partial charge on any atom is 0.422 e. The Morgan fingerprint density at radius 2 is 1.58 bits per heavy atom. The number of benzene rings is 2. The molecule has 2 rings (SSSR count). The van der Waals surface area contributed by atoms with Crippen LogP contribution in [-0.2, 0) is 21.2 Å². The van der Waals surface area contributed by atoms with Gasteiger partial charge in [-0.25, -0.2) is 8.42 Å². The molecule has 2 aromatic carbocycles. The Balaban J connectivity index is 1.87. The van der Waals surface area contributed by atoms with Gasteiger partial charge in [0, 0.05) is 25.2 Å². The van der Waals surface area contributed by atoms with Gasteiger partial charge in [0.2, 0.25) is 15.9 Å². The first kappa shape index (κ1) is 24.7. The second-order valence-electron chi connectivity index (χ2n) is 6.71. The van der Waals surface area contributed by atoms with Crippen LogP contribution in [0.25, 0.3) is 0 Å². The van der Waals surface area contributed by atoms with Gasteiger partial charge in [0.05, 0.1) is 4.90 Å². The second-order valence-corrected chi connectivity index (χ2v) is 8.65. The molecule has 0 heterocycles. The van der Waals surface area contributed by atoms with Crippen LogP contribution in [0.15, 0.2) is 53.4 Å². The number of amides is 1. The molecular weight excluding hydrogens is 433 g/mol. The van der Waals surface area contributed by atoms with Crippen LogP contribution < -0.4 is 10.1 Å². The first-order chi connectivity index (χ1) is 14.5. The molecule has 0 aliphatic heterocycles. The third kappa shape index (κ3) is 7.55. The molecule has 0 bridgehead atoms. The molecule has 0 fully saturated rings. The summed E-state index contributed by atoms with van der Waals surface area (Å²) in [4.78, 5) is 12.3. The molecule has 0 spiro atoms. The van der Waals surface area contributed by atoms with Crippen LogP contribution in [0.4, 0.5) is 18.9 Å². The van der Waals surface area contributed by atoms with Gasteiger partial charge in [-0.3, -0.25) is 4.79 Å². The van der Waals surface area contributed by atoms with E-state index in [2.05, 4.69) is 10.1 Å². The molecule has 0 saturated heterocycles. The summed E-state index contributed by atoms with van der Waals surface area (Å²) in [6, 6.07) is 12.0. The van der Waals surface area contributed by atoms with Crippen molar-refractivity contribution in [2.45, 2.75) is 37.8 Å². The van der Waals surface area contributed by atoms with Crippen molar-refractivity contribution < 1.29 is 31.1 Å². The lowest BCUT2D eigenvalue weighted by molar-refractivity contribution is -0.153. The zero-order chi connectivity index (χ0) is 23.1. The Morgan fingerprint density at radius 3 is 2.10 bits per heavy atom. The molecule has 31 heavy (non-hydrogen) atoms. The highest BCUT2D eigenvalue weighted by Crippen LogP contribution is 2.21. The number of alkyl halides is 3. The number of sulfonamides is 1. The van der Waals surface area contributed by atoms with E-state index in [4.69, 9.17) is 0 Å². The third-order valence-electron chi connectivity index (χ3n) is 4.45. The SMILES string of the molecule is CCN(CC)S(=O)(=O)c1ccc(CCC(=O)Nc2ccc(OCC(F)(F)F)cc2)cc1. The maximum absolute atomic E-state index is 12.5. The van der Waals surface area contributed by atoms with Gasteiger partial charge in [0.1, 0.15) is 5.75 Å². The quantitative estimate of drug-likeness (QED) is 0.578. The molecule has 0 aliphatic rings. The van der Waals surface area contributed by atoms with Crippen LogP contribution in [0.1, 0.15) is 25.8 Å². The van der Waals surface area contributed by atoms with Crippen LogP contribution in [0.2, 0.25) is 0 Å². The monoisotopic (exact) mass is 458 g/mol. The van der Waals surface area contributed by atoms with E-state index in [1.165, 1.54) is 40.7 Å². The highest BCUT2D eigenvalue weighted by atomic mass is 32.2. The van der Waals surface area contributed by atoms with Gasteiger partial charge < -0.3 is 10.1 Å². The number of carbonyl (C=O) groups is 1. The fraction of sp³-hybridized carbons (Fsp3) is 0.381. The number of hydrogen-bond donors (Lipinski definition) is 1. The topological polar surface area (TPSA) is 75.7 Å². The predicted octanol–water partition coefficient (Wildman–Crippen LogP) is 4.23. The van der Waals surface area contributed by atoms with E-state index in [9.17, 15) is 26.4 Å². The van der Waals surface area contributed by atoms with Crippen molar-refractivity contribution in [3.05, 3.63) is 54.1 Å². The molecule has 0 unspecified atom stereocenters. The third-order valence-corrected chi connectivity index (χ3v) is 6.51. The van der Waals surface area contributed by atoms with Gasteiger partial charge >= 0.3 is 6.18 Å². The lowest BCUT2D eigenvalue weighted by Crippen LogP contribution is -2.30. The molecule has 1 amide bonds. The van der Waals surface area contributed by atoms with Crippen LogP contribution in [0.3, 0.4) is 0 Å². The smallest absolute Gasteiger partial charge is 0.422 e. The lowest BCUT2D eigenvalue weighted by Gasteiger charge is -2.18. The van der Waals surface area contributed by atoms with Crippen molar-refractivity contribution in [3.8, 4) is 5.75 Å². The minimum absolute atomic E-state index is 0.0510. The van der Waals surface area contributed by atoms with Crippen molar-refractivity contribution in [3.63, 3.8) is 0 Å². The fourth-order valence-electron chi connectivity index (χ4n) is 2.82. The predicted molar refractivity (Wildman–Crippen MR) is 111 cm³/mol. The van der Waals surface area contributed by atoms with Crippen LogP contribution in [0, 0.1) is 0 Å². The Hall–Kier alpha value is -2.59. The Morgan fingerprint density at radius 1 is 1.00 bits per heavy atom. The summed E-state index contributed by atoms with van der Waals surface area (Å²) in [5, 5.41) is 2.66. The van der Waals surface area contributed by atoms with Crippen molar-refractivity contribution in [1.82, 2.24) is 4.31 Å². The van der Waals surface area contributed by atoms with Crippen molar-refractivity contribution in [2.24, 2.45) is 0 Å². The molecule has 6 nitrogen and oxygen atoms in total. The van der Waals surface area contributed by atoms with Gasteiger partial charge in [0.15, 0.2) is 6.61 Å². The van der Waals surface area contributed by atoms with Gasteiger partial charge in [-0.05, 0) is 48.4 Å². The number of hydrogen-bond acceptors (Lipinski definition) is 4.